The van der Waals surface area contributed by atoms with Crippen molar-refractivity contribution in [2.24, 2.45) is 0 Å². The zero-order chi connectivity index (χ0) is 43.0. The molecule has 2 heterocycles. The van der Waals surface area contributed by atoms with Crippen LogP contribution in [0.5, 0.6) is 11.5 Å². The SMILES string of the molecule is CC1(C)c2ccccc2-c2c(N(c3ccc4c(c3)Oc3ccccc3C43c4ccccc4-c4cccc5cccc3c45)c3ccc4c5ccccc5n(-c5ccccc5)c4c3)cccc21. The van der Waals surface area contributed by atoms with Crippen LogP contribution < -0.4 is 9.64 Å². The molecule has 1 aliphatic heterocycles. The molecule has 65 heavy (non-hydrogen) atoms. The summed E-state index contributed by atoms with van der Waals surface area (Å²) in [5.41, 5.74) is 18.5. The fraction of sp³-hybridized carbons (Fsp3) is 0.0645. The van der Waals surface area contributed by atoms with E-state index in [1.165, 1.54) is 71.6 Å². The number of fused-ring (bicyclic) bond motifs is 14. The van der Waals surface area contributed by atoms with Crippen LogP contribution in [0.25, 0.3) is 60.5 Å². The van der Waals surface area contributed by atoms with Crippen molar-refractivity contribution in [3.63, 3.8) is 0 Å². The number of benzene rings is 10. The molecule has 1 spiro atoms. The van der Waals surface area contributed by atoms with Gasteiger partial charge in [-0.3, -0.25) is 0 Å². The normalized spacial score (nSPS) is 15.8. The van der Waals surface area contributed by atoms with Crippen molar-refractivity contribution in [1.29, 1.82) is 0 Å². The van der Waals surface area contributed by atoms with Crippen molar-refractivity contribution in [1.82, 2.24) is 4.57 Å². The summed E-state index contributed by atoms with van der Waals surface area (Å²) in [7, 11) is 0. The standard InChI is InChI=1S/C62H42N2O/c1-61(2)48-25-9-7-23-47(48)60-52(61)28-16-31-55(60)63(41-33-35-45-44-22-8-12-30-54(44)64(56(45)37-41)40-19-4-3-5-20-40)42-34-36-51-58(38-42)65-57-32-13-11-27-50(57)62(51)49-26-10-6-21-43(49)46-24-14-17-39-18-15-29-53(62)59(39)46/h3-38H,1-2H3. The lowest BCUT2D eigenvalue weighted by Gasteiger charge is -2.45. The average molecular weight is 831 g/mol. The molecular formula is C62H42N2O. The fourth-order valence-electron chi connectivity index (χ4n) is 12.1. The molecule has 1 atom stereocenters. The maximum Gasteiger partial charge on any atom is 0.134 e. The predicted molar refractivity (Wildman–Crippen MR) is 268 cm³/mol. The van der Waals surface area contributed by atoms with Crippen LogP contribution in [0.1, 0.15) is 47.2 Å². The first-order valence-electron chi connectivity index (χ1n) is 22.7. The molecule has 3 nitrogen and oxygen atoms in total. The van der Waals surface area contributed by atoms with E-state index in [1.807, 2.05) is 0 Å². The molecule has 2 aliphatic carbocycles. The second kappa shape index (κ2) is 13.2. The Hall–Kier alpha value is -8.14. The molecule has 14 rings (SSSR count). The molecule has 306 valence electrons. The van der Waals surface area contributed by atoms with Crippen LogP contribution in [0.4, 0.5) is 17.1 Å². The fourth-order valence-corrected chi connectivity index (χ4v) is 12.1. The molecule has 0 N–H and O–H groups in total. The van der Waals surface area contributed by atoms with Gasteiger partial charge in [0, 0.05) is 56.0 Å². The van der Waals surface area contributed by atoms with Crippen LogP contribution in [-0.2, 0) is 10.8 Å². The Morgan fingerprint density at radius 3 is 1.91 bits per heavy atom. The van der Waals surface area contributed by atoms with Gasteiger partial charge in [0.15, 0.2) is 0 Å². The van der Waals surface area contributed by atoms with Gasteiger partial charge in [-0.1, -0.05) is 178 Å². The van der Waals surface area contributed by atoms with E-state index in [-0.39, 0.29) is 5.41 Å². The van der Waals surface area contributed by atoms with Gasteiger partial charge in [-0.05, 0) is 98.2 Å². The van der Waals surface area contributed by atoms with Crippen LogP contribution in [0, 0.1) is 0 Å². The molecule has 0 bridgehead atoms. The van der Waals surface area contributed by atoms with Gasteiger partial charge >= 0.3 is 0 Å². The lowest BCUT2D eigenvalue weighted by Crippen LogP contribution is -2.36. The number of hydrogen-bond acceptors (Lipinski definition) is 2. The van der Waals surface area contributed by atoms with Crippen molar-refractivity contribution in [3.8, 4) is 39.4 Å². The van der Waals surface area contributed by atoms with E-state index in [4.69, 9.17) is 4.74 Å². The van der Waals surface area contributed by atoms with Crippen LogP contribution in [0.2, 0.25) is 0 Å². The molecule has 11 aromatic rings. The summed E-state index contributed by atoms with van der Waals surface area (Å²) in [5, 5.41) is 4.99. The Kier molecular flexibility index (Phi) is 7.38. The molecule has 1 aromatic heterocycles. The van der Waals surface area contributed by atoms with Crippen LogP contribution in [-0.4, -0.2) is 4.57 Å². The van der Waals surface area contributed by atoms with Crippen molar-refractivity contribution in [3.05, 3.63) is 252 Å². The average Bonchev–Trinajstić information content (AvgIpc) is 3.81. The molecule has 10 aromatic carbocycles. The van der Waals surface area contributed by atoms with Crippen molar-refractivity contribution in [2.75, 3.05) is 4.90 Å². The summed E-state index contributed by atoms with van der Waals surface area (Å²) in [5.74, 6) is 1.73. The minimum atomic E-state index is -0.621. The van der Waals surface area contributed by atoms with E-state index in [0.717, 1.165) is 50.9 Å². The second-order valence-electron chi connectivity index (χ2n) is 18.4. The number of para-hydroxylation sites is 3. The topological polar surface area (TPSA) is 17.4 Å². The van der Waals surface area contributed by atoms with Gasteiger partial charge < -0.3 is 14.2 Å². The molecule has 0 radical (unpaired) electrons. The highest BCUT2D eigenvalue weighted by Crippen LogP contribution is 2.62. The Morgan fingerprint density at radius 2 is 1.03 bits per heavy atom. The second-order valence-corrected chi connectivity index (χ2v) is 18.4. The Morgan fingerprint density at radius 1 is 0.415 bits per heavy atom. The van der Waals surface area contributed by atoms with Gasteiger partial charge in [0.25, 0.3) is 0 Å². The van der Waals surface area contributed by atoms with Gasteiger partial charge in [-0.25, -0.2) is 0 Å². The molecule has 0 saturated heterocycles. The third-order valence-corrected chi connectivity index (χ3v) is 14.8. The van der Waals surface area contributed by atoms with Crippen molar-refractivity contribution in [2.45, 2.75) is 24.7 Å². The lowest BCUT2D eigenvalue weighted by atomic mass is 9.58. The molecule has 0 amide bonds. The van der Waals surface area contributed by atoms with Gasteiger partial charge in [0.2, 0.25) is 0 Å². The first-order chi connectivity index (χ1) is 32.0. The highest BCUT2D eigenvalue weighted by Gasteiger charge is 2.49. The van der Waals surface area contributed by atoms with Gasteiger partial charge in [-0.15, -0.1) is 0 Å². The largest absolute Gasteiger partial charge is 0.457 e. The molecule has 3 aliphatic rings. The number of hydrogen-bond donors (Lipinski definition) is 0. The van der Waals surface area contributed by atoms with E-state index in [2.05, 4.69) is 242 Å². The smallest absolute Gasteiger partial charge is 0.134 e. The minimum absolute atomic E-state index is 0.169. The zero-order valence-corrected chi connectivity index (χ0v) is 36.1. The molecular weight excluding hydrogens is 789 g/mol. The monoisotopic (exact) mass is 830 g/mol. The van der Waals surface area contributed by atoms with E-state index >= 15 is 0 Å². The Labute approximate surface area is 378 Å². The predicted octanol–water partition coefficient (Wildman–Crippen LogP) is 16.2. The lowest BCUT2D eigenvalue weighted by molar-refractivity contribution is 0.435. The molecule has 3 heteroatoms. The van der Waals surface area contributed by atoms with Crippen molar-refractivity contribution >= 4 is 49.6 Å². The number of rotatable bonds is 4. The Bertz CT molecular complexity index is 3800. The Balaban J connectivity index is 1.07. The summed E-state index contributed by atoms with van der Waals surface area (Å²) in [4.78, 5) is 2.48. The number of ether oxygens (including phenoxy) is 1. The highest BCUT2D eigenvalue weighted by molar-refractivity contribution is 6.11. The third-order valence-electron chi connectivity index (χ3n) is 14.8. The number of anilines is 3. The maximum absolute atomic E-state index is 7.20. The molecule has 0 saturated carbocycles. The highest BCUT2D eigenvalue weighted by atomic mass is 16.5. The van der Waals surface area contributed by atoms with E-state index in [1.54, 1.807) is 0 Å². The van der Waals surface area contributed by atoms with E-state index in [0.29, 0.717) is 0 Å². The summed E-state index contributed by atoms with van der Waals surface area (Å²) in [6, 6.07) is 80.6. The van der Waals surface area contributed by atoms with Gasteiger partial charge in [0.1, 0.15) is 11.5 Å². The van der Waals surface area contributed by atoms with Crippen LogP contribution in [0.3, 0.4) is 0 Å². The molecule has 1 unspecified atom stereocenters. The van der Waals surface area contributed by atoms with Gasteiger partial charge in [0.05, 0.1) is 22.1 Å². The quantitative estimate of drug-likeness (QED) is 0.176. The van der Waals surface area contributed by atoms with E-state index in [9.17, 15) is 0 Å². The summed E-state index contributed by atoms with van der Waals surface area (Å²) in [6.07, 6.45) is 0. The summed E-state index contributed by atoms with van der Waals surface area (Å²) < 4.78 is 9.62. The molecule has 0 fully saturated rings. The minimum Gasteiger partial charge on any atom is -0.457 e. The number of aromatic nitrogens is 1. The van der Waals surface area contributed by atoms with E-state index < -0.39 is 5.41 Å². The van der Waals surface area contributed by atoms with Crippen LogP contribution >= 0.6 is 0 Å². The maximum atomic E-state index is 7.20. The third kappa shape index (κ3) is 4.79. The van der Waals surface area contributed by atoms with Gasteiger partial charge in [-0.2, -0.15) is 0 Å². The number of nitrogens with zero attached hydrogens (tertiary/aromatic N) is 2. The zero-order valence-electron chi connectivity index (χ0n) is 36.1. The first kappa shape index (κ1) is 36.4. The first-order valence-corrected chi connectivity index (χ1v) is 22.7. The van der Waals surface area contributed by atoms with Crippen LogP contribution in [0.15, 0.2) is 218 Å². The van der Waals surface area contributed by atoms with Crippen molar-refractivity contribution < 1.29 is 4.74 Å². The summed E-state index contributed by atoms with van der Waals surface area (Å²) >= 11 is 0. The summed E-state index contributed by atoms with van der Waals surface area (Å²) in [6.45, 7) is 4.72.